The topological polar surface area (TPSA) is 63.8 Å². The van der Waals surface area contributed by atoms with Crippen molar-refractivity contribution in [3.63, 3.8) is 0 Å². The molecule has 0 amide bonds. The van der Waals surface area contributed by atoms with E-state index < -0.39 is 0 Å². The molecule has 2 heterocycles. The van der Waals surface area contributed by atoms with Crippen LogP contribution in [0.25, 0.3) is 0 Å². The van der Waals surface area contributed by atoms with Crippen LogP contribution in [0.15, 0.2) is 0 Å². The van der Waals surface area contributed by atoms with Crippen molar-refractivity contribution < 1.29 is 0 Å². The smallest absolute Gasteiger partial charge is 0.135 e. The van der Waals surface area contributed by atoms with Crippen LogP contribution in [0, 0.1) is 0 Å². The largest absolute Gasteiger partial charge is 0.383 e. The molecule has 1 aromatic heterocycles. The number of nitrogens with zero attached hydrogens (tertiary/aromatic N) is 2. The minimum Gasteiger partial charge on any atom is -0.383 e. The molecular formula is C13H20N4. The molecule has 1 aliphatic carbocycles. The molecule has 0 spiro atoms. The van der Waals surface area contributed by atoms with Crippen molar-refractivity contribution in [2.75, 3.05) is 18.8 Å². The van der Waals surface area contributed by atoms with Crippen LogP contribution in [0.4, 0.5) is 5.82 Å². The summed E-state index contributed by atoms with van der Waals surface area (Å²) in [5, 5.41) is 3.41. The Hall–Kier alpha value is -1.16. The van der Waals surface area contributed by atoms with E-state index in [0.717, 1.165) is 37.6 Å². The lowest BCUT2D eigenvalue weighted by atomic mass is 9.94. The number of aromatic nitrogens is 2. The molecular weight excluding hydrogens is 212 g/mol. The van der Waals surface area contributed by atoms with E-state index >= 15 is 0 Å². The standard InChI is InChI=1S/C13H20N4/c14-12-10-5-1-2-6-11(10)16-13(17-12)9-4-3-7-15-8-9/h9,15H,1-8H2,(H2,14,16,17). The fourth-order valence-corrected chi connectivity index (χ4v) is 2.90. The molecule has 17 heavy (non-hydrogen) atoms. The van der Waals surface area contributed by atoms with Crippen molar-refractivity contribution >= 4 is 5.82 Å². The Bertz CT molecular complexity index is 410. The normalized spacial score (nSPS) is 24.4. The van der Waals surface area contributed by atoms with Crippen LogP contribution in [0.3, 0.4) is 0 Å². The van der Waals surface area contributed by atoms with Crippen molar-refractivity contribution in [3.8, 4) is 0 Å². The molecule has 0 radical (unpaired) electrons. The summed E-state index contributed by atoms with van der Waals surface area (Å²) < 4.78 is 0. The predicted octanol–water partition coefficient (Wildman–Crippen LogP) is 1.40. The van der Waals surface area contributed by atoms with E-state index in [1.165, 1.54) is 36.9 Å². The summed E-state index contributed by atoms with van der Waals surface area (Å²) >= 11 is 0. The highest BCUT2D eigenvalue weighted by molar-refractivity contribution is 5.44. The Balaban J connectivity index is 1.92. The molecule has 2 aliphatic rings. The molecule has 1 fully saturated rings. The number of nitrogens with two attached hydrogens (primary N) is 1. The van der Waals surface area contributed by atoms with Gasteiger partial charge in [-0.25, -0.2) is 9.97 Å². The quantitative estimate of drug-likeness (QED) is 0.768. The van der Waals surface area contributed by atoms with Gasteiger partial charge in [0, 0.05) is 23.7 Å². The molecule has 1 aromatic rings. The monoisotopic (exact) mass is 232 g/mol. The summed E-state index contributed by atoms with van der Waals surface area (Å²) in [5.41, 5.74) is 8.50. The van der Waals surface area contributed by atoms with E-state index in [1.807, 2.05) is 0 Å². The minimum atomic E-state index is 0.457. The predicted molar refractivity (Wildman–Crippen MR) is 67.9 cm³/mol. The average Bonchev–Trinajstić information content (AvgIpc) is 2.40. The summed E-state index contributed by atoms with van der Waals surface area (Å²) in [4.78, 5) is 9.30. The van der Waals surface area contributed by atoms with Gasteiger partial charge >= 0.3 is 0 Å². The Morgan fingerprint density at radius 1 is 1.12 bits per heavy atom. The lowest BCUT2D eigenvalue weighted by Crippen LogP contribution is -2.30. The molecule has 3 N–H and O–H groups in total. The lowest BCUT2D eigenvalue weighted by molar-refractivity contribution is 0.444. The lowest BCUT2D eigenvalue weighted by Gasteiger charge is -2.24. The molecule has 4 nitrogen and oxygen atoms in total. The number of fused-ring (bicyclic) bond motifs is 1. The Morgan fingerprint density at radius 2 is 2.00 bits per heavy atom. The number of aryl methyl sites for hydroxylation is 1. The van der Waals surface area contributed by atoms with Crippen LogP contribution < -0.4 is 11.1 Å². The first-order chi connectivity index (χ1) is 8.34. The second-order valence-corrected chi connectivity index (χ2v) is 5.14. The Labute approximate surface area is 102 Å². The first kappa shape index (κ1) is 11.0. The fraction of sp³-hybridized carbons (Fsp3) is 0.692. The number of rotatable bonds is 1. The molecule has 1 aliphatic heterocycles. The van der Waals surface area contributed by atoms with Crippen LogP contribution in [-0.4, -0.2) is 23.1 Å². The van der Waals surface area contributed by atoms with Crippen LogP contribution in [0.1, 0.15) is 48.7 Å². The highest BCUT2D eigenvalue weighted by Crippen LogP contribution is 2.27. The number of anilines is 1. The van der Waals surface area contributed by atoms with E-state index in [2.05, 4.69) is 10.3 Å². The van der Waals surface area contributed by atoms with Gasteiger partial charge < -0.3 is 11.1 Å². The molecule has 1 saturated heterocycles. The summed E-state index contributed by atoms with van der Waals surface area (Å²) in [7, 11) is 0. The second kappa shape index (κ2) is 4.61. The average molecular weight is 232 g/mol. The third-order valence-corrected chi connectivity index (χ3v) is 3.89. The molecule has 4 heteroatoms. The number of hydrogen-bond donors (Lipinski definition) is 2. The van der Waals surface area contributed by atoms with Gasteiger partial charge in [-0.1, -0.05) is 0 Å². The van der Waals surface area contributed by atoms with Crippen LogP contribution in [0.5, 0.6) is 0 Å². The molecule has 3 rings (SSSR count). The molecule has 0 bridgehead atoms. The molecule has 92 valence electrons. The highest BCUT2D eigenvalue weighted by Gasteiger charge is 2.22. The highest BCUT2D eigenvalue weighted by atomic mass is 15.0. The second-order valence-electron chi connectivity index (χ2n) is 5.14. The van der Waals surface area contributed by atoms with Crippen LogP contribution in [-0.2, 0) is 12.8 Å². The van der Waals surface area contributed by atoms with E-state index in [1.54, 1.807) is 0 Å². The summed E-state index contributed by atoms with van der Waals surface area (Å²) in [6.07, 6.45) is 7.01. The first-order valence-electron chi connectivity index (χ1n) is 6.70. The fourth-order valence-electron chi connectivity index (χ4n) is 2.90. The first-order valence-corrected chi connectivity index (χ1v) is 6.70. The maximum Gasteiger partial charge on any atom is 0.135 e. The van der Waals surface area contributed by atoms with Crippen LogP contribution in [0.2, 0.25) is 0 Å². The third-order valence-electron chi connectivity index (χ3n) is 3.89. The van der Waals surface area contributed by atoms with Gasteiger partial charge in [0.25, 0.3) is 0 Å². The van der Waals surface area contributed by atoms with Gasteiger partial charge in [-0.15, -0.1) is 0 Å². The molecule has 0 aromatic carbocycles. The summed E-state index contributed by atoms with van der Waals surface area (Å²) in [6.45, 7) is 2.12. The zero-order chi connectivity index (χ0) is 11.7. The number of hydrogen-bond acceptors (Lipinski definition) is 4. The SMILES string of the molecule is Nc1nc(C2CCCNC2)nc2c1CCCC2. The van der Waals surface area contributed by atoms with Crippen molar-refractivity contribution in [2.24, 2.45) is 0 Å². The van der Waals surface area contributed by atoms with Gasteiger partial charge in [0.2, 0.25) is 0 Å². The summed E-state index contributed by atoms with van der Waals surface area (Å²) in [6, 6.07) is 0. The van der Waals surface area contributed by atoms with Crippen molar-refractivity contribution in [1.82, 2.24) is 15.3 Å². The van der Waals surface area contributed by atoms with Crippen molar-refractivity contribution in [1.29, 1.82) is 0 Å². The zero-order valence-electron chi connectivity index (χ0n) is 10.2. The Kier molecular flexibility index (Phi) is 2.97. The van der Waals surface area contributed by atoms with Gasteiger partial charge in [-0.2, -0.15) is 0 Å². The number of nitrogen functional groups attached to an aromatic ring is 1. The van der Waals surface area contributed by atoms with Gasteiger partial charge in [-0.3, -0.25) is 0 Å². The molecule has 0 saturated carbocycles. The minimum absolute atomic E-state index is 0.457. The zero-order valence-corrected chi connectivity index (χ0v) is 10.2. The Morgan fingerprint density at radius 3 is 2.82 bits per heavy atom. The van der Waals surface area contributed by atoms with Crippen molar-refractivity contribution in [2.45, 2.75) is 44.4 Å². The molecule has 1 atom stereocenters. The van der Waals surface area contributed by atoms with E-state index in [0.29, 0.717) is 5.92 Å². The maximum atomic E-state index is 6.08. The number of nitrogens with one attached hydrogen (secondary N) is 1. The van der Waals surface area contributed by atoms with E-state index in [4.69, 9.17) is 10.7 Å². The van der Waals surface area contributed by atoms with Crippen LogP contribution >= 0.6 is 0 Å². The van der Waals surface area contributed by atoms with Gasteiger partial charge in [0.05, 0.1) is 0 Å². The number of piperidine rings is 1. The van der Waals surface area contributed by atoms with E-state index in [-0.39, 0.29) is 0 Å². The van der Waals surface area contributed by atoms with E-state index in [9.17, 15) is 0 Å². The maximum absolute atomic E-state index is 6.08. The third kappa shape index (κ3) is 2.14. The van der Waals surface area contributed by atoms with Crippen molar-refractivity contribution in [3.05, 3.63) is 17.1 Å². The molecule has 1 unspecified atom stereocenters. The van der Waals surface area contributed by atoms with Gasteiger partial charge in [0.15, 0.2) is 0 Å². The van der Waals surface area contributed by atoms with Gasteiger partial charge in [-0.05, 0) is 45.1 Å². The van der Waals surface area contributed by atoms with Gasteiger partial charge in [0.1, 0.15) is 11.6 Å². The summed E-state index contributed by atoms with van der Waals surface area (Å²) in [5.74, 6) is 2.16.